The third-order valence-electron chi connectivity index (χ3n) is 3.76. The molecule has 118 valence electrons. The number of likely N-dealkylation sites (N-methyl/N-ethyl adjacent to an activating group) is 1. The Labute approximate surface area is 126 Å². The van der Waals surface area contributed by atoms with Gasteiger partial charge in [-0.2, -0.15) is 0 Å². The number of amides is 2. The first kappa shape index (κ1) is 15.9. The van der Waals surface area contributed by atoms with E-state index in [1.54, 1.807) is 0 Å². The Bertz CT molecular complexity index is 618. The summed E-state index contributed by atoms with van der Waals surface area (Å²) in [5, 5.41) is 11.3. The zero-order chi connectivity index (χ0) is 16.3. The highest BCUT2D eigenvalue weighted by atomic mass is 19.1. The number of nitrogens with one attached hydrogen (secondary N) is 1. The summed E-state index contributed by atoms with van der Waals surface area (Å²) in [5.74, 6) is -3.04. The number of nitrogens with zero attached hydrogens (tertiary/aromatic N) is 1. The summed E-state index contributed by atoms with van der Waals surface area (Å²) in [6, 6.07) is 2.52. The van der Waals surface area contributed by atoms with Crippen LogP contribution in [-0.4, -0.2) is 47.4 Å². The van der Waals surface area contributed by atoms with Gasteiger partial charge in [0.2, 0.25) is 5.91 Å². The molecule has 0 bridgehead atoms. The Morgan fingerprint density at radius 2 is 2.05 bits per heavy atom. The van der Waals surface area contributed by atoms with Crippen molar-refractivity contribution in [1.82, 2.24) is 10.2 Å². The number of rotatable bonds is 3. The molecular formula is C15H17FN2O4. The van der Waals surface area contributed by atoms with Gasteiger partial charge in [-0.05, 0) is 37.5 Å². The number of carboxylic acid groups (broad SMARTS) is 1. The molecule has 1 unspecified atom stereocenters. The van der Waals surface area contributed by atoms with Crippen molar-refractivity contribution >= 4 is 17.8 Å². The number of carbonyl (C=O) groups is 3. The topological polar surface area (TPSA) is 86.7 Å². The molecule has 0 spiro atoms. The van der Waals surface area contributed by atoms with E-state index in [-0.39, 0.29) is 17.0 Å². The zero-order valence-corrected chi connectivity index (χ0v) is 12.1. The molecule has 1 saturated heterocycles. The molecule has 7 heteroatoms. The number of halogens is 1. The van der Waals surface area contributed by atoms with Crippen LogP contribution in [0.1, 0.15) is 40.0 Å². The Morgan fingerprint density at radius 1 is 1.32 bits per heavy atom. The van der Waals surface area contributed by atoms with Crippen molar-refractivity contribution in [3.63, 3.8) is 0 Å². The first-order valence-electron chi connectivity index (χ1n) is 7.01. The molecule has 2 N–H and O–H groups in total. The van der Waals surface area contributed by atoms with E-state index >= 15 is 0 Å². The molecule has 1 aromatic carbocycles. The maximum Gasteiger partial charge on any atom is 0.335 e. The number of likely N-dealkylation sites (tertiary alicyclic amines) is 1. The van der Waals surface area contributed by atoms with Crippen LogP contribution in [0.15, 0.2) is 18.2 Å². The Hall–Kier alpha value is -2.44. The third-order valence-corrected chi connectivity index (χ3v) is 3.76. The molecule has 0 aromatic heterocycles. The summed E-state index contributed by atoms with van der Waals surface area (Å²) in [4.78, 5) is 36.5. The number of aromatic carboxylic acids is 1. The molecule has 0 saturated carbocycles. The minimum atomic E-state index is -1.26. The van der Waals surface area contributed by atoms with Crippen LogP contribution >= 0.6 is 0 Å². The summed E-state index contributed by atoms with van der Waals surface area (Å²) in [7, 11) is 1.49. The molecule has 1 aliphatic heterocycles. The van der Waals surface area contributed by atoms with Crippen LogP contribution < -0.4 is 5.32 Å². The van der Waals surface area contributed by atoms with Crippen molar-refractivity contribution in [3.8, 4) is 0 Å². The fraction of sp³-hybridized carbons (Fsp3) is 0.400. The minimum absolute atomic E-state index is 0.221. The monoisotopic (exact) mass is 308 g/mol. The van der Waals surface area contributed by atoms with Crippen molar-refractivity contribution in [3.05, 3.63) is 35.1 Å². The molecule has 1 aromatic rings. The molecule has 2 amide bonds. The van der Waals surface area contributed by atoms with Gasteiger partial charge in [-0.1, -0.05) is 0 Å². The van der Waals surface area contributed by atoms with E-state index in [2.05, 4.69) is 5.32 Å². The van der Waals surface area contributed by atoms with Crippen LogP contribution in [0.3, 0.4) is 0 Å². The SMILES string of the molecule is CNC(=O)C1CCCCN1C(=O)c1ccc(C(=O)O)cc1F. The molecule has 0 aliphatic carbocycles. The predicted octanol–water partition coefficient (Wildman–Crippen LogP) is 1.26. The second-order valence-corrected chi connectivity index (χ2v) is 5.12. The van der Waals surface area contributed by atoms with Crippen molar-refractivity contribution in [2.45, 2.75) is 25.3 Å². The van der Waals surface area contributed by atoms with Gasteiger partial charge in [0.1, 0.15) is 11.9 Å². The zero-order valence-electron chi connectivity index (χ0n) is 12.1. The van der Waals surface area contributed by atoms with Gasteiger partial charge < -0.3 is 15.3 Å². The van der Waals surface area contributed by atoms with Gasteiger partial charge in [-0.15, -0.1) is 0 Å². The van der Waals surface area contributed by atoms with E-state index < -0.39 is 23.7 Å². The van der Waals surface area contributed by atoms with Gasteiger partial charge in [0, 0.05) is 13.6 Å². The van der Waals surface area contributed by atoms with E-state index in [1.165, 1.54) is 18.0 Å². The van der Waals surface area contributed by atoms with Crippen LogP contribution in [0.2, 0.25) is 0 Å². The quantitative estimate of drug-likeness (QED) is 0.880. The summed E-state index contributed by atoms with van der Waals surface area (Å²) >= 11 is 0. The molecule has 1 heterocycles. The van der Waals surface area contributed by atoms with Crippen LogP contribution in [0.25, 0.3) is 0 Å². The average Bonchev–Trinajstić information content (AvgIpc) is 2.53. The minimum Gasteiger partial charge on any atom is -0.478 e. The lowest BCUT2D eigenvalue weighted by Gasteiger charge is -2.34. The van der Waals surface area contributed by atoms with E-state index in [1.807, 2.05) is 0 Å². The van der Waals surface area contributed by atoms with E-state index in [4.69, 9.17) is 5.11 Å². The fourth-order valence-electron chi connectivity index (χ4n) is 2.59. The van der Waals surface area contributed by atoms with Crippen LogP contribution in [-0.2, 0) is 4.79 Å². The van der Waals surface area contributed by atoms with Gasteiger partial charge in [0.15, 0.2) is 0 Å². The maximum absolute atomic E-state index is 14.0. The first-order chi connectivity index (χ1) is 10.5. The van der Waals surface area contributed by atoms with Gasteiger partial charge in [0.05, 0.1) is 11.1 Å². The fourth-order valence-corrected chi connectivity index (χ4v) is 2.59. The van der Waals surface area contributed by atoms with Crippen LogP contribution in [0, 0.1) is 5.82 Å². The smallest absolute Gasteiger partial charge is 0.335 e. The van der Waals surface area contributed by atoms with Crippen molar-refractivity contribution in [2.24, 2.45) is 0 Å². The highest BCUT2D eigenvalue weighted by molar-refractivity contribution is 5.99. The molecule has 6 nitrogen and oxygen atoms in total. The number of benzene rings is 1. The Morgan fingerprint density at radius 3 is 2.64 bits per heavy atom. The highest BCUT2D eigenvalue weighted by Crippen LogP contribution is 2.21. The number of carbonyl (C=O) groups excluding carboxylic acids is 2. The average molecular weight is 308 g/mol. The van der Waals surface area contributed by atoms with E-state index in [0.717, 1.165) is 25.0 Å². The van der Waals surface area contributed by atoms with E-state index in [9.17, 15) is 18.8 Å². The first-order valence-corrected chi connectivity index (χ1v) is 7.01. The number of piperidine rings is 1. The second-order valence-electron chi connectivity index (χ2n) is 5.12. The molecule has 1 aliphatic rings. The lowest BCUT2D eigenvalue weighted by atomic mass is 9.99. The normalized spacial score (nSPS) is 17.9. The summed E-state index contributed by atoms with van der Waals surface area (Å²) < 4.78 is 14.0. The molecule has 1 fully saturated rings. The highest BCUT2D eigenvalue weighted by Gasteiger charge is 2.33. The summed E-state index contributed by atoms with van der Waals surface area (Å²) in [6.45, 7) is 0.372. The number of hydrogen-bond donors (Lipinski definition) is 2. The van der Waals surface area contributed by atoms with Crippen LogP contribution in [0.4, 0.5) is 4.39 Å². The summed E-state index contributed by atoms with van der Waals surface area (Å²) in [6.07, 6.45) is 2.09. The summed E-state index contributed by atoms with van der Waals surface area (Å²) in [5.41, 5.74) is -0.448. The molecule has 22 heavy (non-hydrogen) atoms. The number of hydrogen-bond acceptors (Lipinski definition) is 3. The predicted molar refractivity (Wildman–Crippen MR) is 76.1 cm³/mol. The standard InChI is InChI=1S/C15H17FN2O4/c1-17-13(19)12-4-2-3-7-18(12)14(20)10-6-5-9(15(21)22)8-11(10)16/h5-6,8,12H,2-4,7H2,1H3,(H,17,19)(H,21,22). The lowest BCUT2D eigenvalue weighted by Crippen LogP contribution is -2.51. The molecule has 1 atom stereocenters. The van der Waals surface area contributed by atoms with E-state index in [0.29, 0.717) is 13.0 Å². The Balaban J connectivity index is 2.29. The van der Waals surface area contributed by atoms with Gasteiger partial charge >= 0.3 is 5.97 Å². The van der Waals surface area contributed by atoms with Gasteiger partial charge in [0.25, 0.3) is 5.91 Å². The molecule has 2 rings (SSSR count). The number of carboxylic acids is 1. The lowest BCUT2D eigenvalue weighted by molar-refractivity contribution is -0.126. The largest absolute Gasteiger partial charge is 0.478 e. The Kier molecular flexibility index (Phi) is 4.75. The third kappa shape index (κ3) is 3.08. The second kappa shape index (κ2) is 6.55. The van der Waals surface area contributed by atoms with Crippen molar-refractivity contribution in [2.75, 3.05) is 13.6 Å². The maximum atomic E-state index is 14.0. The van der Waals surface area contributed by atoms with Gasteiger partial charge in [-0.25, -0.2) is 9.18 Å². The van der Waals surface area contributed by atoms with Gasteiger partial charge in [-0.3, -0.25) is 9.59 Å². The van der Waals surface area contributed by atoms with Crippen molar-refractivity contribution < 1.29 is 23.9 Å². The molecule has 0 radical (unpaired) electrons. The van der Waals surface area contributed by atoms with Crippen LogP contribution in [0.5, 0.6) is 0 Å². The van der Waals surface area contributed by atoms with Crippen molar-refractivity contribution in [1.29, 1.82) is 0 Å². The molecular weight excluding hydrogens is 291 g/mol.